The summed E-state index contributed by atoms with van der Waals surface area (Å²) in [6.45, 7) is 8.42. The zero-order valence-electron chi connectivity index (χ0n) is 13.7. The van der Waals surface area contributed by atoms with E-state index in [0.29, 0.717) is 6.54 Å². The summed E-state index contributed by atoms with van der Waals surface area (Å²) in [4.78, 5) is 17.5. The van der Waals surface area contributed by atoms with Crippen LogP contribution in [0, 0.1) is 20.8 Å². The third-order valence-corrected chi connectivity index (χ3v) is 4.95. The summed E-state index contributed by atoms with van der Waals surface area (Å²) in [7, 11) is 0. The lowest BCUT2D eigenvalue weighted by atomic mass is 10.0. The molecule has 0 saturated carbocycles. The molecule has 0 aliphatic rings. The average Bonchev–Trinajstić information content (AvgIpc) is 3.05. The maximum absolute atomic E-state index is 12.2. The molecule has 0 aliphatic carbocycles. The van der Waals surface area contributed by atoms with Gasteiger partial charge in [-0.2, -0.15) is 0 Å². The lowest BCUT2D eigenvalue weighted by molar-refractivity contribution is 0.389. The molecule has 0 spiro atoms. The van der Waals surface area contributed by atoms with Crippen molar-refractivity contribution in [2.24, 2.45) is 0 Å². The van der Waals surface area contributed by atoms with Crippen molar-refractivity contribution in [3.63, 3.8) is 0 Å². The second kappa shape index (κ2) is 6.25. The zero-order chi connectivity index (χ0) is 16.6. The molecule has 0 fully saturated rings. The predicted molar refractivity (Wildman–Crippen MR) is 89.9 cm³/mol. The Morgan fingerprint density at radius 1 is 1.39 bits per heavy atom. The highest BCUT2D eigenvalue weighted by molar-refractivity contribution is 7.15. The van der Waals surface area contributed by atoms with E-state index in [0.717, 1.165) is 39.8 Å². The number of thiazole rings is 1. The average molecular weight is 332 g/mol. The molecule has 122 valence electrons. The summed E-state index contributed by atoms with van der Waals surface area (Å²) in [6, 6.07) is 1.73. The lowest BCUT2D eigenvalue weighted by Gasteiger charge is -2.16. The van der Waals surface area contributed by atoms with E-state index >= 15 is 0 Å². The van der Waals surface area contributed by atoms with Crippen molar-refractivity contribution in [2.45, 2.75) is 46.7 Å². The van der Waals surface area contributed by atoms with Gasteiger partial charge in [0.2, 0.25) is 0 Å². The molecule has 3 aromatic heterocycles. The second-order valence-corrected chi connectivity index (χ2v) is 6.50. The van der Waals surface area contributed by atoms with Crippen molar-refractivity contribution in [1.29, 1.82) is 0 Å². The minimum atomic E-state index is -0.0315. The molecule has 0 bridgehead atoms. The van der Waals surface area contributed by atoms with Crippen LogP contribution in [0.2, 0.25) is 0 Å². The summed E-state index contributed by atoms with van der Waals surface area (Å²) >= 11 is 1.48. The van der Waals surface area contributed by atoms with Crippen molar-refractivity contribution < 1.29 is 4.52 Å². The first-order valence-corrected chi connectivity index (χ1v) is 8.52. The third-order valence-electron chi connectivity index (χ3n) is 4.00. The van der Waals surface area contributed by atoms with E-state index in [1.165, 1.54) is 11.3 Å². The molecule has 0 unspecified atom stereocenters. The highest BCUT2D eigenvalue weighted by Crippen LogP contribution is 2.24. The van der Waals surface area contributed by atoms with E-state index in [2.05, 4.69) is 22.4 Å². The van der Waals surface area contributed by atoms with Gasteiger partial charge in [0.1, 0.15) is 5.76 Å². The Hall–Kier alpha value is -1.99. The molecule has 7 heteroatoms. The topological polar surface area (TPSA) is 72.4 Å². The number of hydrogen-bond acceptors (Lipinski definition) is 6. The molecular formula is C16H20N4O2S. The standard InChI is InChI=1S/C16H20N4O2S/c1-5-13(15-10(3)19-22-11(15)4)17-7-12-6-14(21)20-9(2)8-23-16(20)18-12/h6,8,13,17H,5,7H2,1-4H3/t13-/m1/s1. The fourth-order valence-corrected chi connectivity index (χ4v) is 3.75. The van der Waals surface area contributed by atoms with Crippen molar-refractivity contribution in [3.8, 4) is 0 Å². The highest BCUT2D eigenvalue weighted by atomic mass is 32.1. The van der Waals surface area contributed by atoms with Crippen LogP contribution in [-0.2, 0) is 6.54 Å². The van der Waals surface area contributed by atoms with E-state index < -0.39 is 0 Å². The van der Waals surface area contributed by atoms with Gasteiger partial charge in [0, 0.05) is 35.3 Å². The van der Waals surface area contributed by atoms with Crippen LogP contribution in [0.4, 0.5) is 0 Å². The van der Waals surface area contributed by atoms with Crippen LogP contribution in [0.15, 0.2) is 20.8 Å². The molecule has 6 nitrogen and oxygen atoms in total. The summed E-state index contributed by atoms with van der Waals surface area (Å²) in [6.07, 6.45) is 0.905. The number of nitrogens with one attached hydrogen (secondary N) is 1. The molecule has 23 heavy (non-hydrogen) atoms. The number of aryl methyl sites for hydroxylation is 3. The molecule has 3 rings (SSSR count). The molecule has 0 aliphatic heterocycles. The minimum absolute atomic E-state index is 0.0315. The molecule has 0 aromatic carbocycles. The van der Waals surface area contributed by atoms with Gasteiger partial charge in [-0.1, -0.05) is 12.1 Å². The summed E-state index contributed by atoms with van der Waals surface area (Å²) in [5.41, 5.74) is 3.64. The van der Waals surface area contributed by atoms with Crippen molar-refractivity contribution in [3.05, 3.63) is 50.2 Å². The van der Waals surface area contributed by atoms with Crippen molar-refractivity contribution >= 4 is 16.3 Å². The van der Waals surface area contributed by atoms with Crippen LogP contribution in [0.3, 0.4) is 0 Å². The lowest BCUT2D eigenvalue weighted by Crippen LogP contribution is -2.24. The van der Waals surface area contributed by atoms with Gasteiger partial charge >= 0.3 is 0 Å². The van der Waals surface area contributed by atoms with Gasteiger partial charge in [-0.15, -0.1) is 11.3 Å². The first kappa shape index (κ1) is 15.9. The third kappa shape index (κ3) is 2.94. The zero-order valence-corrected chi connectivity index (χ0v) is 14.5. The smallest absolute Gasteiger partial charge is 0.259 e. The molecule has 3 heterocycles. The van der Waals surface area contributed by atoms with Gasteiger partial charge in [-0.05, 0) is 27.2 Å². The Kier molecular flexibility index (Phi) is 4.32. The van der Waals surface area contributed by atoms with Gasteiger partial charge in [-0.3, -0.25) is 9.20 Å². The first-order valence-electron chi connectivity index (χ1n) is 7.64. The van der Waals surface area contributed by atoms with E-state index in [9.17, 15) is 4.79 Å². The van der Waals surface area contributed by atoms with Gasteiger partial charge in [0.05, 0.1) is 11.4 Å². The van der Waals surface area contributed by atoms with Crippen molar-refractivity contribution in [2.75, 3.05) is 0 Å². The number of aromatic nitrogens is 3. The van der Waals surface area contributed by atoms with E-state index in [4.69, 9.17) is 4.52 Å². The molecule has 1 atom stereocenters. The SMILES string of the molecule is CC[C@@H](NCc1cc(=O)n2c(C)csc2n1)c1c(C)noc1C. The van der Waals surface area contributed by atoms with Gasteiger partial charge in [0.25, 0.3) is 5.56 Å². The minimum Gasteiger partial charge on any atom is -0.361 e. The van der Waals surface area contributed by atoms with Crippen LogP contribution < -0.4 is 10.9 Å². The number of hydrogen-bond donors (Lipinski definition) is 1. The first-order chi connectivity index (χ1) is 11.0. The Morgan fingerprint density at radius 3 is 2.83 bits per heavy atom. The summed E-state index contributed by atoms with van der Waals surface area (Å²) < 4.78 is 6.89. The van der Waals surface area contributed by atoms with E-state index in [1.54, 1.807) is 10.5 Å². The molecule has 1 N–H and O–H groups in total. The van der Waals surface area contributed by atoms with Crippen LogP contribution in [-0.4, -0.2) is 14.5 Å². The van der Waals surface area contributed by atoms with Crippen LogP contribution in [0.25, 0.3) is 4.96 Å². The fourth-order valence-electron chi connectivity index (χ4n) is 2.86. The number of nitrogens with zero attached hydrogens (tertiary/aromatic N) is 3. The van der Waals surface area contributed by atoms with Crippen LogP contribution in [0.1, 0.15) is 47.8 Å². The normalized spacial score (nSPS) is 12.9. The Morgan fingerprint density at radius 2 is 2.17 bits per heavy atom. The van der Waals surface area contributed by atoms with Gasteiger partial charge in [-0.25, -0.2) is 4.98 Å². The van der Waals surface area contributed by atoms with Crippen LogP contribution >= 0.6 is 11.3 Å². The molecular weight excluding hydrogens is 312 g/mol. The van der Waals surface area contributed by atoms with Crippen LogP contribution in [0.5, 0.6) is 0 Å². The van der Waals surface area contributed by atoms with Gasteiger partial charge in [0.15, 0.2) is 4.96 Å². The van der Waals surface area contributed by atoms with Crippen molar-refractivity contribution in [1.82, 2.24) is 19.9 Å². The Bertz CT molecular complexity index is 874. The largest absolute Gasteiger partial charge is 0.361 e. The molecule has 0 amide bonds. The molecule has 0 radical (unpaired) electrons. The number of rotatable bonds is 5. The Balaban J connectivity index is 1.83. The maximum Gasteiger partial charge on any atom is 0.259 e. The number of fused-ring (bicyclic) bond motifs is 1. The predicted octanol–water partition coefficient (Wildman–Crippen LogP) is 2.91. The Labute approximate surface area is 138 Å². The van der Waals surface area contributed by atoms with E-state index in [1.807, 2.05) is 26.2 Å². The van der Waals surface area contributed by atoms with E-state index in [-0.39, 0.29) is 11.6 Å². The monoisotopic (exact) mass is 332 g/mol. The second-order valence-electron chi connectivity index (χ2n) is 5.66. The quantitative estimate of drug-likeness (QED) is 0.778. The summed E-state index contributed by atoms with van der Waals surface area (Å²) in [5.74, 6) is 0.833. The fraction of sp³-hybridized carbons (Fsp3) is 0.438. The van der Waals surface area contributed by atoms with Gasteiger partial charge < -0.3 is 9.84 Å². The summed E-state index contributed by atoms with van der Waals surface area (Å²) in [5, 5.41) is 9.42. The highest BCUT2D eigenvalue weighted by Gasteiger charge is 2.19. The maximum atomic E-state index is 12.2. The molecule has 3 aromatic rings. The molecule has 0 saturated heterocycles.